The van der Waals surface area contributed by atoms with Crippen LogP contribution >= 0.6 is 0 Å². The third-order valence-electron chi connectivity index (χ3n) is 2.72. The molecule has 0 saturated carbocycles. The quantitative estimate of drug-likeness (QED) is 0.888. The summed E-state index contributed by atoms with van der Waals surface area (Å²) in [5.41, 5.74) is 0.375. The standard InChI is InChI=1S/C14H16FN3O/c1-14(2,9-10-3-5-11(15)6-4-10)18-12-13(19)17-8-7-16-12/h3-8H,9H2,1-2H3,(H,16,18)(H,17,19). The second-order valence-corrected chi connectivity index (χ2v) is 5.08. The van der Waals surface area contributed by atoms with Gasteiger partial charge in [-0.1, -0.05) is 12.1 Å². The van der Waals surface area contributed by atoms with Crippen molar-refractivity contribution < 1.29 is 4.39 Å². The van der Waals surface area contributed by atoms with Gasteiger partial charge >= 0.3 is 0 Å². The maximum atomic E-state index is 12.8. The van der Waals surface area contributed by atoms with Gasteiger partial charge in [0.15, 0.2) is 5.82 Å². The monoisotopic (exact) mass is 261 g/mol. The van der Waals surface area contributed by atoms with Gasteiger partial charge in [0.25, 0.3) is 5.56 Å². The highest BCUT2D eigenvalue weighted by Gasteiger charge is 2.20. The predicted molar refractivity (Wildman–Crippen MR) is 72.7 cm³/mol. The lowest BCUT2D eigenvalue weighted by Gasteiger charge is -2.26. The molecule has 100 valence electrons. The molecule has 5 heteroatoms. The summed E-state index contributed by atoms with van der Waals surface area (Å²) in [7, 11) is 0. The van der Waals surface area contributed by atoms with E-state index in [0.717, 1.165) is 5.56 Å². The number of aromatic amines is 1. The van der Waals surface area contributed by atoms with Gasteiger partial charge in [-0.25, -0.2) is 9.37 Å². The zero-order valence-corrected chi connectivity index (χ0v) is 10.9. The maximum absolute atomic E-state index is 12.8. The molecule has 0 unspecified atom stereocenters. The molecule has 0 atom stereocenters. The van der Waals surface area contributed by atoms with Crippen LogP contribution in [0.5, 0.6) is 0 Å². The van der Waals surface area contributed by atoms with Crippen molar-refractivity contribution in [1.29, 1.82) is 0 Å². The van der Waals surface area contributed by atoms with Crippen LogP contribution in [0.25, 0.3) is 0 Å². The summed E-state index contributed by atoms with van der Waals surface area (Å²) >= 11 is 0. The molecular weight excluding hydrogens is 245 g/mol. The Hall–Kier alpha value is -2.17. The van der Waals surface area contributed by atoms with Gasteiger partial charge in [0.1, 0.15) is 5.82 Å². The zero-order chi connectivity index (χ0) is 13.9. The van der Waals surface area contributed by atoms with E-state index in [4.69, 9.17) is 0 Å². The smallest absolute Gasteiger partial charge is 0.290 e. The lowest BCUT2D eigenvalue weighted by Crippen LogP contribution is -2.36. The number of hydrogen-bond donors (Lipinski definition) is 2. The average molecular weight is 261 g/mol. The molecule has 2 rings (SSSR count). The molecule has 0 aliphatic rings. The summed E-state index contributed by atoms with van der Waals surface area (Å²) in [4.78, 5) is 18.1. The van der Waals surface area contributed by atoms with Crippen LogP contribution in [-0.4, -0.2) is 15.5 Å². The van der Waals surface area contributed by atoms with Gasteiger partial charge < -0.3 is 10.3 Å². The molecule has 0 aliphatic heterocycles. The summed E-state index contributed by atoms with van der Waals surface area (Å²) < 4.78 is 12.8. The Morgan fingerprint density at radius 1 is 1.32 bits per heavy atom. The first-order valence-electron chi connectivity index (χ1n) is 6.03. The molecule has 0 saturated heterocycles. The third kappa shape index (κ3) is 3.64. The van der Waals surface area contributed by atoms with E-state index in [1.807, 2.05) is 13.8 Å². The number of nitrogens with zero attached hydrogens (tertiary/aromatic N) is 1. The van der Waals surface area contributed by atoms with Gasteiger partial charge in [0.05, 0.1) is 0 Å². The molecule has 0 spiro atoms. The zero-order valence-electron chi connectivity index (χ0n) is 10.9. The minimum Gasteiger partial charge on any atom is -0.360 e. The molecule has 2 aromatic rings. The molecule has 1 aromatic carbocycles. The van der Waals surface area contributed by atoms with Gasteiger partial charge in [-0.05, 0) is 38.0 Å². The molecule has 19 heavy (non-hydrogen) atoms. The van der Waals surface area contributed by atoms with E-state index in [-0.39, 0.29) is 22.7 Å². The largest absolute Gasteiger partial charge is 0.360 e. The molecule has 1 aromatic heterocycles. The molecule has 0 radical (unpaired) electrons. The molecule has 1 heterocycles. The van der Waals surface area contributed by atoms with Crippen molar-refractivity contribution >= 4 is 5.82 Å². The summed E-state index contributed by atoms with van der Waals surface area (Å²) in [5.74, 6) is 0.0327. The van der Waals surface area contributed by atoms with Gasteiger partial charge in [-0.2, -0.15) is 0 Å². The van der Waals surface area contributed by atoms with E-state index < -0.39 is 0 Å². The fourth-order valence-corrected chi connectivity index (χ4v) is 1.92. The maximum Gasteiger partial charge on any atom is 0.290 e. The number of anilines is 1. The molecule has 0 fully saturated rings. The molecule has 4 nitrogen and oxygen atoms in total. The summed E-state index contributed by atoms with van der Waals surface area (Å²) in [6.45, 7) is 3.93. The van der Waals surface area contributed by atoms with Crippen LogP contribution in [-0.2, 0) is 6.42 Å². The summed E-state index contributed by atoms with van der Waals surface area (Å²) in [5, 5.41) is 3.10. The predicted octanol–water partition coefficient (Wildman–Crippen LogP) is 2.34. The van der Waals surface area contributed by atoms with Crippen molar-refractivity contribution in [2.24, 2.45) is 0 Å². The summed E-state index contributed by atoms with van der Waals surface area (Å²) in [6, 6.07) is 6.33. The number of rotatable bonds is 4. The number of aromatic nitrogens is 2. The molecule has 0 amide bonds. The fraction of sp³-hybridized carbons (Fsp3) is 0.286. The van der Waals surface area contributed by atoms with Crippen molar-refractivity contribution in [2.45, 2.75) is 25.8 Å². The molecule has 2 N–H and O–H groups in total. The number of benzene rings is 1. The van der Waals surface area contributed by atoms with Crippen molar-refractivity contribution in [3.8, 4) is 0 Å². The Kier molecular flexibility index (Phi) is 3.64. The van der Waals surface area contributed by atoms with Gasteiger partial charge in [-0.3, -0.25) is 4.79 Å². The average Bonchev–Trinajstić information content (AvgIpc) is 2.35. The summed E-state index contributed by atoms with van der Waals surface area (Å²) in [6.07, 6.45) is 3.67. The van der Waals surface area contributed by atoms with E-state index in [0.29, 0.717) is 6.42 Å². The second kappa shape index (κ2) is 5.22. The fourth-order valence-electron chi connectivity index (χ4n) is 1.92. The van der Waals surface area contributed by atoms with Crippen molar-refractivity contribution in [1.82, 2.24) is 9.97 Å². The Balaban J connectivity index is 2.12. The van der Waals surface area contributed by atoms with Crippen LogP contribution in [0.3, 0.4) is 0 Å². The Morgan fingerprint density at radius 3 is 2.63 bits per heavy atom. The Morgan fingerprint density at radius 2 is 2.00 bits per heavy atom. The normalized spacial score (nSPS) is 11.3. The highest BCUT2D eigenvalue weighted by Crippen LogP contribution is 2.16. The van der Waals surface area contributed by atoms with Crippen molar-refractivity contribution in [3.63, 3.8) is 0 Å². The first-order valence-corrected chi connectivity index (χ1v) is 6.03. The van der Waals surface area contributed by atoms with E-state index in [1.165, 1.54) is 24.5 Å². The first-order chi connectivity index (χ1) is 8.96. The minimum atomic E-state index is -0.362. The van der Waals surface area contributed by atoms with E-state index in [2.05, 4.69) is 15.3 Å². The van der Waals surface area contributed by atoms with Gasteiger partial charge in [0, 0.05) is 17.9 Å². The lowest BCUT2D eigenvalue weighted by atomic mass is 9.95. The van der Waals surface area contributed by atoms with Crippen molar-refractivity contribution in [3.05, 3.63) is 58.4 Å². The number of halogens is 1. The van der Waals surface area contributed by atoms with E-state index >= 15 is 0 Å². The minimum absolute atomic E-state index is 0.254. The van der Waals surface area contributed by atoms with Crippen LogP contribution in [0.2, 0.25) is 0 Å². The van der Waals surface area contributed by atoms with E-state index in [1.54, 1.807) is 12.1 Å². The SMILES string of the molecule is CC(C)(Cc1ccc(F)cc1)Nc1ncc[nH]c1=O. The second-order valence-electron chi connectivity index (χ2n) is 5.08. The number of nitrogens with one attached hydrogen (secondary N) is 2. The molecular formula is C14H16FN3O. The van der Waals surface area contributed by atoms with Crippen LogP contribution in [0, 0.1) is 5.82 Å². The van der Waals surface area contributed by atoms with Gasteiger partial charge in [0.2, 0.25) is 0 Å². The Labute approximate surface area is 110 Å². The molecule has 0 bridgehead atoms. The number of hydrogen-bond acceptors (Lipinski definition) is 3. The lowest BCUT2D eigenvalue weighted by molar-refractivity contribution is 0.558. The van der Waals surface area contributed by atoms with Gasteiger partial charge in [-0.15, -0.1) is 0 Å². The van der Waals surface area contributed by atoms with E-state index in [9.17, 15) is 9.18 Å². The van der Waals surface area contributed by atoms with Crippen LogP contribution in [0.4, 0.5) is 10.2 Å². The third-order valence-corrected chi connectivity index (χ3v) is 2.72. The van der Waals surface area contributed by atoms with Crippen LogP contribution < -0.4 is 10.9 Å². The van der Waals surface area contributed by atoms with Crippen LogP contribution in [0.15, 0.2) is 41.5 Å². The van der Waals surface area contributed by atoms with Crippen molar-refractivity contribution in [2.75, 3.05) is 5.32 Å². The molecule has 0 aliphatic carbocycles. The topological polar surface area (TPSA) is 57.8 Å². The van der Waals surface area contributed by atoms with Crippen LogP contribution in [0.1, 0.15) is 19.4 Å². The Bertz CT molecular complexity index is 605. The number of H-pyrrole nitrogens is 1. The first kappa shape index (κ1) is 13.3. The highest BCUT2D eigenvalue weighted by molar-refractivity contribution is 5.35. The highest BCUT2D eigenvalue weighted by atomic mass is 19.1.